The fourth-order valence-electron chi connectivity index (χ4n) is 3.08. The smallest absolute Gasteiger partial charge is 0.399 e. The molecule has 1 amide bonds. The highest BCUT2D eigenvalue weighted by atomic mass is 19.1. The van der Waals surface area contributed by atoms with Gasteiger partial charge in [-0.05, 0) is 51.7 Å². The zero-order chi connectivity index (χ0) is 18.4. The van der Waals surface area contributed by atoms with Crippen molar-refractivity contribution in [2.45, 2.75) is 45.8 Å². The minimum Gasteiger partial charge on any atom is -0.399 e. The molecule has 0 spiro atoms. The van der Waals surface area contributed by atoms with Gasteiger partial charge < -0.3 is 18.9 Å². The van der Waals surface area contributed by atoms with E-state index < -0.39 is 24.1 Å². The predicted octanol–water partition coefficient (Wildman–Crippen LogP) is 1.91. The number of ether oxygens (including phenoxy) is 1. The molecule has 0 radical (unpaired) electrons. The fourth-order valence-corrected chi connectivity index (χ4v) is 3.08. The van der Waals surface area contributed by atoms with Gasteiger partial charge in [-0.15, -0.1) is 0 Å². The summed E-state index contributed by atoms with van der Waals surface area (Å²) >= 11 is 0. The van der Waals surface area contributed by atoms with Crippen LogP contribution in [0, 0.1) is 12.7 Å². The number of carbonyl (C=O) groups excluding carboxylic acids is 1. The molecule has 2 saturated heterocycles. The Bertz CT molecular complexity index is 647. The van der Waals surface area contributed by atoms with Crippen LogP contribution >= 0.6 is 0 Å². The molecule has 0 saturated carbocycles. The van der Waals surface area contributed by atoms with Crippen LogP contribution in [0.1, 0.15) is 43.6 Å². The van der Waals surface area contributed by atoms with Crippen molar-refractivity contribution in [1.29, 1.82) is 0 Å². The highest BCUT2D eigenvalue weighted by Crippen LogP contribution is 2.36. The third-order valence-electron chi connectivity index (χ3n) is 5.35. The van der Waals surface area contributed by atoms with Gasteiger partial charge in [0.1, 0.15) is 5.82 Å². The first-order valence-electron chi connectivity index (χ1n) is 8.65. The van der Waals surface area contributed by atoms with E-state index in [-0.39, 0.29) is 11.5 Å². The van der Waals surface area contributed by atoms with Gasteiger partial charge in [0.05, 0.1) is 30.0 Å². The quantitative estimate of drug-likeness (QED) is 0.766. The maximum Gasteiger partial charge on any atom is 0.494 e. The fraction of sp³-hybridized carbons (Fsp3) is 0.611. The lowest BCUT2D eigenvalue weighted by Gasteiger charge is -2.32. The maximum absolute atomic E-state index is 14.8. The molecule has 5 nitrogen and oxygen atoms in total. The summed E-state index contributed by atoms with van der Waals surface area (Å²) in [6, 6.07) is 3.13. The van der Waals surface area contributed by atoms with Gasteiger partial charge >= 0.3 is 7.12 Å². The molecular formula is C18H25BFNO4. The molecule has 0 aliphatic carbocycles. The van der Waals surface area contributed by atoms with Gasteiger partial charge in [-0.1, -0.05) is 6.07 Å². The van der Waals surface area contributed by atoms with Crippen molar-refractivity contribution in [3.63, 3.8) is 0 Å². The van der Waals surface area contributed by atoms with Crippen LogP contribution in [0.25, 0.3) is 0 Å². The standard InChI is InChI=1S/C18H25BFNO4/c1-12-10-13(19-24-17(2,3)18(4,5)25-19)11-14(20)15(12)16(22)21-6-8-23-9-7-21/h10-11H,6-9H2,1-5H3. The summed E-state index contributed by atoms with van der Waals surface area (Å²) < 4.78 is 32.0. The molecule has 0 bridgehead atoms. The van der Waals surface area contributed by atoms with Gasteiger partial charge in [-0.2, -0.15) is 0 Å². The van der Waals surface area contributed by atoms with Gasteiger partial charge in [0.25, 0.3) is 5.91 Å². The van der Waals surface area contributed by atoms with E-state index in [1.165, 1.54) is 6.07 Å². The first-order chi connectivity index (χ1) is 11.6. The number of halogens is 1. The Morgan fingerprint density at radius 3 is 2.20 bits per heavy atom. The summed E-state index contributed by atoms with van der Waals surface area (Å²) in [5.41, 5.74) is 0.296. The summed E-state index contributed by atoms with van der Waals surface area (Å²) in [5, 5.41) is 0. The van der Waals surface area contributed by atoms with Crippen LogP contribution in [-0.4, -0.2) is 55.4 Å². The topological polar surface area (TPSA) is 48.0 Å². The minimum atomic E-state index is -0.647. The monoisotopic (exact) mass is 349 g/mol. The van der Waals surface area contributed by atoms with Crippen LogP contribution < -0.4 is 5.46 Å². The molecule has 7 heteroatoms. The molecule has 1 aromatic rings. The SMILES string of the molecule is Cc1cc(B2OC(C)(C)C(C)(C)O2)cc(F)c1C(=O)N1CCOCC1. The van der Waals surface area contributed by atoms with E-state index in [1.807, 2.05) is 27.7 Å². The van der Waals surface area contributed by atoms with Crippen molar-refractivity contribution < 1.29 is 23.2 Å². The Balaban J connectivity index is 1.87. The molecule has 2 fully saturated rings. The van der Waals surface area contributed by atoms with Crippen LogP contribution in [0.2, 0.25) is 0 Å². The summed E-state index contributed by atoms with van der Waals surface area (Å²) in [7, 11) is -0.647. The summed E-state index contributed by atoms with van der Waals surface area (Å²) in [6.45, 7) is 11.5. The molecule has 0 aromatic heterocycles. The van der Waals surface area contributed by atoms with E-state index in [1.54, 1.807) is 17.9 Å². The highest BCUT2D eigenvalue weighted by molar-refractivity contribution is 6.62. The Morgan fingerprint density at radius 1 is 1.12 bits per heavy atom. The first-order valence-corrected chi connectivity index (χ1v) is 8.65. The van der Waals surface area contributed by atoms with Gasteiger partial charge in [-0.25, -0.2) is 4.39 Å². The van der Waals surface area contributed by atoms with Crippen molar-refractivity contribution in [1.82, 2.24) is 4.90 Å². The maximum atomic E-state index is 14.8. The van der Waals surface area contributed by atoms with Gasteiger partial charge in [0.2, 0.25) is 0 Å². The number of morpholine rings is 1. The number of hydrogen-bond donors (Lipinski definition) is 0. The number of aryl methyl sites for hydroxylation is 1. The molecule has 0 N–H and O–H groups in total. The lowest BCUT2D eigenvalue weighted by Crippen LogP contribution is -2.42. The average molecular weight is 349 g/mol. The molecule has 136 valence electrons. The van der Waals surface area contributed by atoms with Crippen molar-refractivity contribution in [2.24, 2.45) is 0 Å². The Hall–Kier alpha value is -1.44. The predicted molar refractivity (Wildman–Crippen MR) is 93.6 cm³/mol. The molecule has 2 heterocycles. The number of amides is 1. The number of carbonyl (C=O) groups is 1. The number of rotatable bonds is 2. The van der Waals surface area contributed by atoms with Crippen LogP contribution in [0.4, 0.5) is 4.39 Å². The Labute approximate surface area is 148 Å². The second kappa shape index (κ2) is 6.38. The van der Waals surface area contributed by atoms with Crippen molar-refractivity contribution in [3.8, 4) is 0 Å². The van der Waals surface area contributed by atoms with E-state index >= 15 is 0 Å². The van der Waals surface area contributed by atoms with Crippen molar-refractivity contribution in [2.75, 3.05) is 26.3 Å². The molecule has 0 atom stereocenters. The summed E-state index contributed by atoms with van der Waals surface area (Å²) in [4.78, 5) is 14.3. The molecule has 1 aromatic carbocycles. The van der Waals surface area contributed by atoms with Gasteiger partial charge in [0, 0.05) is 13.1 Å². The van der Waals surface area contributed by atoms with Crippen LogP contribution in [0.3, 0.4) is 0 Å². The molecule has 3 rings (SSSR count). The van der Waals surface area contributed by atoms with E-state index in [9.17, 15) is 9.18 Å². The molecule has 0 unspecified atom stereocenters. The lowest BCUT2D eigenvalue weighted by atomic mass is 9.77. The highest BCUT2D eigenvalue weighted by Gasteiger charge is 2.52. The third-order valence-corrected chi connectivity index (χ3v) is 5.35. The second-order valence-corrected chi connectivity index (χ2v) is 7.69. The van der Waals surface area contributed by atoms with E-state index in [0.29, 0.717) is 37.3 Å². The number of benzene rings is 1. The largest absolute Gasteiger partial charge is 0.494 e. The molecule has 2 aliphatic rings. The first kappa shape index (κ1) is 18.4. The normalized spacial score (nSPS) is 22.3. The third kappa shape index (κ3) is 3.33. The second-order valence-electron chi connectivity index (χ2n) is 7.69. The van der Waals surface area contributed by atoms with Crippen molar-refractivity contribution >= 4 is 18.5 Å². The zero-order valence-electron chi connectivity index (χ0n) is 15.5. The molecule has 25 heavy (non-hydrogen) atoms. The Morgan fingerprint density at radius 2 is 1.68 bits per heavy atom. The Kier molecular flexibility index (Phi) is 4.68. The molecular weight excluding hydrogens is 324 g/mol. The average Bonchev–Trinajstić information content (AvgIpc) is 2.75. The number of nitrogens with zero attached hydrogens (tertiary/aromatic N) is 1. The van der Waals surface area contributed by atoms with Crippen molar-refractivity contribution in [3.05, 3.63) is 29.1 Å². The summed E-state index contributed by atoms with van der Waals surface area (Å²) in [5.74, 6) is -0.833. The van der Waals surface area contributed by atoms with E-state index in [2.05, 4.69) is 0 Å². The van der Waals surface area contributed by atoms with Gasteiger partial charge in [-0.3, -0.25) is 4.79 Å². The molecule has 2 aliphatic heterocycles. The van der Waals surface area contributed by atoms with Crippen LogP contribution in [0.15, 0.2) is 12.1 Å². The number of hydrogen-bond acceptors (Lipinski definition) is 4. The van der Waals surface area contributed by atoms with Crippen LogP contribution in [0.5, 0.6) is 0 Å². The minimum absolute atomic E-state index is 0.113. The van der Waals surface area contributed by atoms with Crippen LogP contribution in [-0.2, 0) is 14.0 Å². The van der Waals surface area contributed by atoms with Gasteiger partial charge in [0.15, 0.2) is 0 Å². The lowest BCUT2D eigenvalue weighted by molar-refractivity contribution is 0.00578. The van der Waals surface area contributed by atoms with E-state index in [0.717, 1.165) is 0 Å². The zero-order valence-corrected chi connectivity index (χ0v) is 15.5. The summed E-state index contributed by atoms with van der Waals surface area (Å²) in [6.07, 6.45) is 0. The van der Waals surface area contributed by atoms with E-state index in [4.69, 9.17) is 14.0 Å².